The molecule has 1 saturated carbocycles. The maximum atomic E-state index is 12.0. The van der Waals surface area contributed by atoms with Crippen molar-refractivity contribution in [3.63, 3.8) is 0 Å². The Morgan fingerprint density at radius 2 is 2.20 bits per heavy atom. The van der Waals surface area contributed by atoms with Crippen molar-refractivity contribution in [2.45, 2.75) is 37.4 Å². The van der Waals surface area contributed by atoms with Gasteiger partial charge in [0.2, 0.25) is 0 Å². The third-order valence-electron chi connectivity index (χ3n) is 3.42. The minimum Gasteiger partial charge on any atom is -0.392 e. The molecule has 0 amide bonds. The predicted molar refractivity (Wildman–Crippen MR) is 75.6 cm³/mol. The molecular weight excluding hydrogens is 278 g/mol. The summed E-state index contributed by atoms with van der Waals surface area (Å²) in [5.74, 6) is 0. The molecule has 1 aromatic heterocycles. The van der Waals surface area contributed by atoms with E-state index in [0.29, 0.717) is 18.2 Å². The monoisotopic (exact) mass is 299 g/mol. The van der Waals surface area contributed by atoms with Crippen LogP contribution in [0.25, 0.3) is 0 Å². The van der Waals surface area contributed by atoms with E-state index in [0.717, 1.165) is 13.1 Å². The number of pyridine rings is 1. The summed E-state index contributed by atoms with van der Waals surface area (Å²) in [5.41, 5.74) is 0.592. The van der Waals surface area contributed by atoms with Crippen LogP contribution < -0.4 is 4.72 Å². The number of sulfonamides is 1. The second kappa shape index (κ2) is 6.62. The lowest BCUT2D eigenvalue weighted by Crippen LogP contribution is -2.36. The molecule has 1 aliphatic carbocycles. The van der Waals surface area contributed by atoms with Gasteiger partial charge in [-0.1, -0.05) is 13.0 Å². The highest BCUT2D eigenvalue weighted by atomic mass is 32.2. The molecule has 7 heteroatoms. The Balaban J connectivity index is 1.89. The highest BCUT2D eigenvalue weighted by Crippen LogP contribution is 2.25. The summed E-state index contributed by atoms with van der Waals surface area (Å²) < 4.78 is 26.6. The molecule has 20 heavy (non-hydrogen) atoms. The van der Waals surface area contributed by atoms with Crippen LogP contribution in [0.2, 0.25) is 0 Å². The van der Waals surface area contributed by atoms with Gasteiger partial charge in [0.05, 0.1) is 6.61 Å². The van der Waals surface area contributed by atoms with Crippen LogP contribution >= 0.6 is 0 Å². The molecule has 1 fully saturated rings. The van der Waals surface area contributed by atoms with Gasteiger partial charge in [-0.2, -0.15) is 0 Å². The van der Waals surface area contributed by atoms with Crippen LogP contribution in [0.3, 0.4) is 0 Å². The maximum absolute atomic E-state index is 12.0. The predicted octanol–water partition coefficient (Wildman–Crippen LogP) is 0.336. The molecule has 1 aliphatic rings. The number of hydrogen-bond donors (Lipinski definition) is 2. The standard InChI is InChI=1S/C13H21N3O3S/c1-2-16(12-4-5-12)8-7-15-20(18,19)13-6-3-11(10-17)9-14-13/h3,6,9,12,15,17H,2,4-5,7-8,10H2,1H3. The van der Waals surface area contributed by atoms with Gasteiger partial charge in [-0.15, -0.1) is 0 Å². The number of hydrogen-bond acceptors (Lipinski definition) is 5. The molecule has 2 N–H and O–H groups in total. The van der Waals surface area contributed by atoms with E-state index in [2.05, 4.69) is 21.5 Å². The van der Waals surface area contributed by atoms with E-state index >= 15 is 0 Å². The Bertz CT molecular complexity index is 526. The van der Waals surface area contributed by atoms with Gasteiger partial charge in [-0.25, -0.2) is 18.1 Å². The molecule has 0 spiro atoms. The van der Waals surface area contributed by atoms with Crippen LogP contribution in [0.4, 0.5) is 0 Å². The van der Waals surface area contributed by atoms with Crippen molar-refractivity contribution in [2.24, 2.45) is 0 Å². The molecule has 1 heterocycles. The van der Waals surface area contributed by atoms with Gasteiger partial charge in [-0.3, -0.25) is 4.90 Å². The Morgan fingerprint density at radius 3 is 2.70 bits per heavy atom. The Labute approximate surface area is 119 Å². The summed E-state index contributed by atoms with van der Waals surface area (Å²) >= 11 is 0. The van der Waals surface area contributed by atoms with E-state index in [9.17, 15) is 8.42 Å². The van der Waals surface area contributed by atoms with Gasteiger partial charge < -0.3 is 5.11 Å². The van der Waals surface area contributed by atoms with E-state index in [4.69, 9.17) is 5.11 Å². The SMILES string of the molecule is CCN(CCNS(=O)(=O)c1ccc(CO)cn1)C1CC1. The molecule has 0 bridgehead atoms. The van der Waals surface area contributed by atoms with Gasteiger partial charge in [0.1, 0.15) is 0 Å². The van der Waals surface area contributed by atoms with Crippen LogP contribution in [0.15, 0.2) is 23.4 Å². The zero-order valence-corrected chi connectivity index (χ0v) is 12.4. The van der Waals surface area contributed by atoms with E-state index in [-0.39, 0.29) is 11.6 Å². The Hall–Kier alpha value is -1.02. The minimum absolute atomic E-state index is 0.0100. The van der Waals surface area contributed by atoms with Crippen molar-refractivity contribution in [3.05, 3.63) is 23.9 Å². The Morgan fingerprint density at radius 1 is 1.45 bits per heavy atom. The third-order valence-corrected chi connectivity index (χ3v) is 4.79. The molecule has 0 unspecified atom stereocenters. The van der Waals surface area contributed by atoms with Crippen LogP contribution in [-0.2, 0) is 16.6 Å². The highest BCUT2D eigenvalue weighted by molar-refractivity contribution is 7.89. The first kappa shape index (κ1) is 15.4. The van der Waals surface area contributed by atoms with Crippen molar-refractivity contribution in [1.29, 1.82) is 0 Å². The van der Waals surface area contributed by atoms with Crippen LogP contribution in [0, 0.1) is 0 Å². The number of aliphatic hydroxyl groups excluding tert-OH is 1. The van der Waals surface area contributed by atoms with Crippen molar-refractivity contribution in [2.75, 3.05) is 19.6 Å². The zero-order valence-electron chi connectivity index (χ0n) is 11.6. The van der Waals surface area contributed by atoms with Crippen LogP contribution in [0.1, 0.15) is 25.3 Å². The number of rotatable bonds is 8. The van der Waals surface area contributed by atoms with Crippen molar-refractivity contribution < 1.29 is 13.5 Å². The molecule has 2 rings (SSSR count). The second-order valence-corrected chi connectivity index (χ2v) is 6.63. The van der Waals surface area contributed by atoms with Gasteiger partial charge in [-0.05, 0) is 31.0 Å². The molecule has 0 aliphatic heterocycles. The average Bonchev–Trinajstić information content (AvgIpc) is 3.28. The van der Waals surface area contributed by atoms with E-state index < -0.39 is 10.0 Å². The number of aliphatic hydroxyl groups is 1. The lowest BCUT2D eigenvalue weighted by molar-refractivity contribution is 0.281. The lowest BCUT2D eigenvalue weighted by atomic mass is 10.3. The number of aromatic nitrogens is 1. The fraction of sp³-hybridized carbons (Fsp3) is 0.615. The zero-order chi connectivity index (χ0) is 14.6. The lowest BCUT2D eigenvalue weighted by Gasteiger charge is -2.19. The summed E-state index contributed by atoms with van der Waals surface area (Å²) in [6, 6.07) is 3.60. The number of nitrogens with zero attached hydrogens (tertiary/aromatic N) is 2. The Kier molecular flexibility index (Phi) is 5.09. The summed E-state index contributed by atoms with van der Waals surface area (Å²) in [4.78, 5) is 6.15. The quantitative estimate of drug-likeness (QED) is 0.723. The molecule has 0 atom stereocenters. The van der Waals surface area contributed by atoms with Crippen molar-refractivity contribution in [1.82, 2.24) is 14.6 Å². The second-order valence-electron chi connectivity index (χ2n) is 4.92. The molecule has 112 valence electrons. The fourth-order valence-electron chi connectivity index (χ4n) is 2.10. The van der Waals surface area contributed by atoms with E-state index in [1.54, 1.807) is 6.07 Å². The first-order valence-corrected chi connectivity index (χ1v) is 8.34. The molecule has 6 nitrogen and oxygen atoms in total. The fourth-order valence-corrected chi connectivity index (χ4v) is 3.05. The average molecular weight is 299 g/mol. The summed E-state index contributed by atoms with van der Waals surface area (Å²) in [5, 5.41) is 8.90. The molecule has 0 radical (unpaired) electrons. The van der Waals surface area contributed by atoms with Crippen molar-refractivity contribution in [3.8, 4) is 0 Å². The molecule has 1 aromatic rings. The number of likely N-dealkylation sites (N-methyl/N-ethyl adjacent to an activating group) is 1. The van der Waals surface area contributed by atoms with Gasteiger partial charge in [0, 0.05) is 25.3 Å². The number of nitrogens with one attached hydrogen (secondary N) is 1. The maximum Gasteiger partial charge on any atom is 0.258 e. The van der Waals surface area contributed by atoms with Crippen molar-refractivity contribution >= 4 is 10.0 Å². The third kappa shape index (κ3) is 3.99. The van der Waals surface area contributed by atoms with Gasteiger partial charge in [0.15, 0.2) is 5.03 Å². The summed E-state index contributed by atoms with van der Waals surface area (Å²) in [6.07, 6.45) is 3.80. The smallest absolute Gasteiger partial charge is 0.258 e. The first-order chi connectivity index (χ1) is 9.56. The summed E-state index contributed by atoms with van der Waals surface area (Å²) in [7, 11) is -3.56. The topological polar surface area (TPSA) is 82.5 Å². The van der Waals surface area contributed by atoms with Crippen LogP contribution in [0.5, 0.6) is 0 Å². The largest absolute Gasteiger partial charge is 0.392 e. The molecule has 0 aromatic carbocycles. The van der Waals surface area contributed by atoms with E-state index in [1.807, 2.05) is 0 Å². The normalized spacial score (nSPS) is 15.8. The molecular formula is C13H21N3O3S. The summed E-state index contributed by atoms with van der Waals surface area (Å²) in [6.45, 7) is 3.98. The van der Waals surface area contributed by atoms with Crippen LogP contribution in [-0.4, -0.2) is 49.1 Å². The highest BCUT2D eigenvalue weighted by Gasteiger charge is 2.27. The van der Waals surface area contributed by atoms with Gasteiger partial charge >= 0.3 is 0 Å². The van der Waals surface area contributed by atoms with E-state index in [1.165, 1.54) is 25.1 Å². The minimum atomic E-state index is -3.56. The first-order valence-electron chi connectivity index (χ1n) is 6.86. The molecule has 0 saturated heterocycles. The van der Waals surface area contributed by atoms with Gasteiger partial charge in [0.25, 0.3) is 10.0 Å².